The monoisotopic (exact) mass is 380 g/mol. The summed E-state index contributed by atoms with van der Waals surface area (Å²) in [5.41, 5.74) is 2.17. The van der Waals surface area contributed by atoms with E-state index >= 15 is 0 Å². The van der Waals surface area contributed by atoms with Crippen LogP contribution < -0.4 is 0 Å². The van der Waals surface area contributed by atoms with E-state index in [1.165, 1.54) is 6.92 Å². The van der Waals surface area contributed by atoms with Gasteiger partial charge in [0, 0.05) is 39.0 Å². The number of sulfone groups is 1. The predicted molar refractivity (Wildman–Crippen MR) is 101 cm³/mol. The summed E-state index contributed by atoms with van der Waals surface area (Å²) in [7, 11) is -3.03. The topological polar surface area (TPSA) is 74.8 Å². The van der Waals surface area contributed by atoms with Crippen molar-refractivity contribution in [2.45, 2.75) is 46.2 Å². The van der Waals surface area contributed by atoms with E-state index in [1.54, 1.807) is 9.80 Å². The molecule has 1 atom stereocenters. The molecule has 1 aliphatic rings. The molecule has 1 unspecified atom stereocenters. The second-order valence-corrected chi connectivity index (χ2v) is 9.08. The molecule has 1 aliphatic heterocycles. The zero-order valence-electron chi connectivity index (χ0n) is 15.8. The molecule has 1 saturated heterocycles. The van der Waals surface area contributed by atoms with Crippen molar-refractivity contribution in [2.75, 3.05) is 24.6 Å². The highest BCUT2D eigenvalue weighted by atomic mass is 32.2. The maximum atomic E-state index is 12.6. The normalized spacial score (nSPS) is 18.5. The molecule has 1 aromatic carbocycles. The molecule has 1 heterocycles. The van der Waals surface area contributed by atoms with Crippen LogP contribution in [0.3, 0.4) is 0 Å². The first-order chi connectivity index (χ1) is 12.2. The fourth-order valence-electron chi connectivity index (χ4n) is 3.37. The van der Waals surface area contributed by atoms with Gasteiger partial charge in [-0.3, -0.25) is 9.59 Å². The molecule has 2 rings (SSSR count). The van der Waals surface area contributed by atoms with Gasteiger partial charge in [0.05, 0.1) is 11.5 Å². The molecular formula is C19H28N2O4S. The Morgan fingerprint density at radius 1 is 1.23 bits per heavy atom. The van der Waals surface area contributed by atoms with Crippen molar-refractivity contribution in [2.24, 2.45) is 0 Å². The third-order valence-corrected chi connectivity index (χ3v) is 6.72. The van der Waals surface area contributed by atoms with E-state index in [0.29, 0.717) is 26.1 Å². The van der Waals surface area contributed by atoms with Crippen molar-refractivity contribution in [3.05, 3.63) is 35.4 Å². The van der Waals surface area contributed by atoms with Crippen molar-refractivity contribution in [1.82, 2.24) is 9.80 Å². The highest BCUT2D eigenvalue weighted by Crippen LogP contribution is 2.19. The second-order valence-electron chi connectivity index (χ2n) is 6.85. The minimum Gasteiger partial charge on any atom is -0.339 e. The molecule has 0 aliphatic carbocycles. The van der Waals surface area contributed by atoms with Gasteiger partial charge in [-0.05, 0) is 31.4 Å². The Morgan fingerprint density at radius 3 is 2.46 bits per heavy atom. The standard InChI is InChI=1S/C19H28N2O4S/c1-4-21(18-10-12-26(24,25)14-18)19(23)9-11-20(16(3)22)13-17-8-6-5-7-15(17)2/h5-8,18H,4,9-14H2,1-3H3. The summed E-state index contributed by atoms with van der Waals surface area (Å²) in [6.45, 7) is 6.65. The molecule has 0 aromatic heterocycles. The molecule has 7 heteroatoms. The number of carbonyl (C=O) groups excluding carboxylic acids is 2. The minimum absolute atomic E-state index is 0.0478. The first-order valence-electron chi connectivity index (χ1n) is 9.03. The molecule has 144 valence electrons. The number of hydrogen-bond acceptors (Lipinski definition) is 4. The number of benzene rings is 1. The van der Waals surface area contributed by atoms with Crippen molar-refractivity contribution in [3.8, 4) is 0 Å². The lowest BCUT2D eigenvalue weighted by molar-refractivity contribution is -0.134. The molecule has 0 bridgehead atoms. The summed E-state index contributed by atoms with van der Waals surface area (Å²) in [5.74, 6) is 0.0266. The summed E-state index contributed by atoms with van der Waals surface area (Å²) in [5, 5.41) is 0. The Morgan fingerprint density at radius 2 is 1.92 bits per heavy atom. The maximum Gasteiger partial charge on any atom is 0.224 e. The SMILES string of the molecule is CCN(C(=O)CCN(Cc1ccccc1C)C(C)=O)C1CCS(=O)(=O)C1. The van der Waals surface area contributed by atoms with Crippen LogP contribution >= 0.6 is 0 Å². The molecule has 6 nitrogen and oxygen atoms in total. The Bertz CT molecular complexity index is 761. The van der Waals surface area contributed by atoms with Crippen LogP contribution in [0, 0.1) is 6.92 Å². The lowest BCUT2D eigenvalue weighted by Gasteiger charge is -2.28. The van der Waals surface area contributed by atoms with Gasteiger partial charge in [0.15, 0.2) is 9.84 Å². The maximum absolute atomic E-state index is 12.6. The lowest BCUT2D eigenvalue weighted by Crippen LogP contribution is -2.42. The zero-order valence-corrected chi connectivity index (χ0v) is 16.6. The van der Waals surface area contributed by atoms with E-state index in [9.17, 15) is 18.0 Å². The number of hydrogen-bond donors (Lipinski definition) is 0. The van der Waals surface area contributed by atoms with Crippen LogP contribution in [-0.4, -0.2) is 60.7 Å². The van der Waals surface area contributed by atoms with Gasteiger partial charge in [0.1, 0.15) is 0 Å². The van der Waals surface area contributed by atoms with Crippen LogP contribution in [0.4, 0.5) is 0 Å². The molecule has 0 N–H and O–H groups in total. The summed E-state index contributed by atoms with van der Waals surface area (Å²) in [6.07, 6.45) is 0.706. The van der Waals surface area contributed by atoms with E-state index in [0.717, 1.165) is 11.1 Å². The average molecular weight is 381 g/mol. The number of carbonyl (C=O) groups is 2. The fraction of sp³-hybridized carbons (Fsp3) is 0.579. The van der Waals surface area contributed by atoms with Gasteiger partial charge in [0.25, 0.3) is 0 Å². The van der Waals surface area contributed by atoms with Crippen molar-refractivity contribution >= 4 is 21.7 Å². The summed E-state index contributed by atoms with van der Waals surface area (Å²) in [4.78, 5) is 27.9. The highest BCUT2D eigenvalue weighted by molar-refractivity contribution is 7.91. The van der Waals surface area contributed by atoms with E-state index in [4.69, 9.17) is 0 Å². The van der Waals surface area contributed by atoms with Gasteiger partial charge in [-0.2, -0.15) is 0 Å². The van der Waals surface area contributed by atoms with Crippen LogP contribution in [0.2, 0.25) is 0 Å². The summed E-state index contributed by atoms with van der Waals surface area (Å²) >= 11 is 0. The Labute approximate surface area is 156 Å². The minimum atomic E-state index is -3.03. The van der Waals surface area contributed by atoms with E-state index in [2.05, 4.69) is 0 Å². The second kappa shape index (κ2) is 8.66. The third kappa shape index (κ3) is 5.30. The smallest absolute Gasteiger partial charge is 0.224 e. The van der Waals surface area contributed by atoms with Crippen LogP contribution in [0.15, 0.2) is 24.3 Å². The summed E-state index contributed by atoms with van der Waals surface area (Å²) < 4.78 is 23.4. The lowest BCUT2D eigenvalue weighted by atomic mass is 10.1. The Kier molecular flexibility index (Phi) is 6.81. The van der Waals surface area contributed by atoms with Crippen molar-refractivity contribution in [3.63, 3.8) is 0 Å². The predicted octanol–water partition coefficient (Wildman–Crippen LogP) is 1.77. The molecule has 26 heavy (non-hydrogen) atoms. The van der Waals surface area contributed by atoms with Gasteiger partial charge >= 0.3 is 0 Å². The largest absolute Gasteiger partial charge is 0.339 e. The van der Waals surface area contributed by atoms with Crippen LogP contribution in [0.25, 0.3) is 0 Å². The molecule has 0 spiro atoms. The third-order valence-electron chi connectivity index (χ3n) is 4.97. The number of amides is 2. The number of rotatable bonds is 7. The highest BCUT2D eigenvalue weighted by Gasteiger charge is 2.33. The first kappa shape index (κ1) is 20.4. The molecular weight excluding hydrogens is 352 g/mol. The van der Waals surface area contributed by atoms with Gasteiger partial charge in [-0.1, -0.05) is 24.3 Å². The molecule has 0 radical (unpaired) electrons. The van der Waals surface area contributed by atoms with E-state index in [-0.39, 0.29) is 35.8 Å². The number of nitrogens with zero attached hydrogens (tertiary/aromatic N) is 2. The summed E-state index contributed by atoms with van der Waals surface area (Å²) in [6, 6.07) is 7.63. The van der Waals surface area contributed by atoms with Crippen LogP contribution in [-0.2, 0) is 26.0 Å². The van der Waals surface area contributed by atoms with E-state index < -0.39 is 9.84 Å². The Balaban J connectivity index is 1.98. The van der Waals surface area contributed by atoms with Gasteiger partial charge in [-0.25, -0.2) is 8.42 Å². The van der Waals surface area contributed by atoms with E-state index in [1.807, 2.05) is 38.1 Å². The number of aryl methyl sites for hydroxylation is 1. The Hall–Kier alpha value is -1.89. The van der Waals surface area contributed by atoms with Crippen molar-refractivity contribution in [1.29, 1.82) is 0 Å². The average Bonchev–Trinajstić information content (AvgIpc) is 2.93. The first-order valence-corrected chi connectivity index (χ1v) is 10.9. The molecule has 1 aromatic rings. The zero-order chi connectivity index (χ0) is 19.3. The van der Waals surface area contributed by atoms with Gasteiger partial charge in [0.2, 0.25) is 11.8 Å². The molecule has 0 saturated carbocycles. The molecule has 1 fully saturated rings. The van der Waals surface area contributed by atoms with Gasteiger partial charge in [-0.15, -0.1) is 0 Å². The van der Waals surface area contributed by atoms with Crippen LogP contribution in [0.5, 0.6) is 0 Å². The fourth-order valence-corrected chi connectivity index (χ4v) is 5.11. The van der Waals surface area contributed by atoms with Crippen molar-refractivity contribution < 1.29 is 18.0 Å². The molecule has 2 amide bonds. The quantitative estimate of drug-likeness (QED) is 0.722. The van der Waals surface area contributed by atoms with Gasteiger partial charge < -0.3 is 9.80 Å². The van der Waals surface area contributed by atoms with Crippen LogP contribution in [0.1, 0.15) is 37.8 Å².